The summed E-state index contributed by atoms with van der Waals surface area (Å²) in [4.78, 5) is 15.3. The van der Waals surface area contributed by atoms with Crippen molar-refractivity contribution >= 4 is 28.8 Å². The Hall–Kier alpha value is -1.69. The molecule has 0 saturated heterocycles. The van der Waals surface area contributed by atoms with Crippen molar-refractivity contribution in [1.82, 2.24) is 9.55 Å². The Balaban J connectivity index is 2.50. The topological polar surface area (TPSA) is 64.3 Å². The zero-order valence-corrected chi connectivity index (χ0v) is 12.6. The number of nitrogens with zero attached hydrogens (tertiary/aromatic N) is 2. The third-order valence-corrected chi connectivity index (χ3v) is 3.76. The molecule has 0 aliphatic rings. The molecule has 1 aromatic carbocycles. The molecule has 0 unspecified atom stereocenters. The Bertz CT molecular complexity index is 622. The normalized spacial score (nSPS) is 11.2. The van der Waals surface area contributed by atoms with E-state index < -0.39 is 5.97 Å². The Morgan fingerprint density at radius 2 is 2.25 bits per heavy atom. The van der Waals surface area contributed by atoms with Gasteiger partial charge in [0.2, 0.25) is 0 Å². The lowest BCUT2D eigenvalue weighted by Gasteiger charge is -2.10. The van der Waals surface area contributed by atoms with Crippen molar-refractivity contribution in [1.29, 1.82) is 0 Å². The highest BCUT2D eigenvalue weighted by Gasteiger charge is 2.16. The van der Waals surface area contributed by atoms with E-state index in [0.717, 1.165) is 22.7 Å². The second-order valence-corrected chi connectivity index (χ2v) is 5.85. The zero-order chi connectivity index (χ0) is 14.7. The molecule has 0 fully saturated rings. The van der Waals surface area contributed by atoms with Gasteiger partial charge in [-0.3, -0.25) is 4.79 Å². The molecule has 0 aliphatic carbocycles. The molecule has 1 N–H and O–H groups in total. The van der Waals surface area contributed by atoms with E-state index >= 15 is 0 Å². The summed E-state index contributed by atoms with van der Waals surface area (Å²) in [6.07, 6.45) is 0. The van der Waals surface area contributed by atoms with E-state index in [1.807, 2.05) is 18.2 Å². The van der Waals surface area contributed by atoms with Crippen LogP contribution < -0.4 is 4.74 Å². The van der Waals surface area contributed by atoms with Gasteiger partial charge < -0.3 is 14.4 Å². The van der Waals surface area contributed by atoms with E-state index in [4.69, 9.17) is 9.84 Å². The third kappa shape index (κ3) is 3.07. The van der Waals surface area contributed by atoms with E-state index in [-0.39, 0.29) is 5.75 Å². The number of aromatic nitrogens is 2. The first-order chi connectivity index (χ1) is 9.52. The van der Waals surface area contributed by atoms with Gasteiger partial charge in [-0.2, -0.15) is 0 Å². The lowest BCUT2D eigenvalue weighted by Crippen LogP contribution is -2.07. The van der Waals surface area contributed by atoms with Gasteiger partial charge in [0.05, 0.1) is 18.4 Å². The van der Waals surface area contributed by atoms with Gasteiger partial charge in [-0.25, -0.2) is 4.98 Å². The highest BCUT2D eigenvalue weighted by atomic mass is 32.2. The molecule has 0 amide bonds. The summed E-state index contributed by atoms with van der Waals surface area (Å²) in [6.45, 7) is 5.04. The minimum absolute atomic E-state index is 0.00370. The molecule has 0 aliphatic heterocycles. The van der Waals surface area contributed by atoms with Gasteiger partial charge in [0, 0.05) is 6.54 Å². The monoisotopic (exact) mass is 294 g/mol. The average molecular weight is 294 g/mol. The first-order valence-corrected chi connectivity index (χ1v) is 7.39. The summed E-state index contributed by atoms with van der Waals surface area (Å²) in [5, 5.41) is 9.56. The fourth-order valence-electron chi connectivity index (χ4n) is 2.04. The van der Waals surface area contributed by atoms with Crippen molar-refractivity contribution < 1.29 is 14.6 Å². The van der Waals surface area contributed by atoms with Gasteiger partial charge in [0.1, 0.15) is 11.3 Å². The van der Waals surface area contributed by atoms with Crippen LogP contribution in [0.4, 0.5) is 0 Å². The molecule has 2 aromatic rings. The van der Waals surface area contributed by atoms with Crippen LogP contribution in [0.5, 0.6) is 5.75 Å². The highest BCUT2D eigenvalue weighted by Crippen LogP contribution is 2.30. The number of ether oxygens (including phenoxy) is 1. The fourth-order valence-corrected chi connectivity index (χ4v) is 2.78. The maximum atomic E-state index is 10.8. The van der Waals surface area contributed by atoms with Crippen molar-refractivity contribution in [2.75, 3.05) is 12.9 Å². The van der Waals surface area contributed by atoms with E-state index in [0.29, 0.717) is 11.7 Å². The quantitative estimate of drug-likeness (QED) is 0.830. The van der Waals surface area contributed by atoms with Gasteiger partial charge in [0.15, 0.2) is 5.16 Å². The van der Waals surface area contributed by atoms with Crippen LogP contribution in [-0.4, -0.2) is 33.5 Å². The molecule has 108 valence electrons. The number of rotatable bonds is 6. The average Bonchev–Trinajstić information content (AvgIpc) is 2.74. The van der Waals surface area contributed by atoms with Crippen molar-refractivity contribution in [3.05, 3.63) is 18.2 Å². The Kier molecular flexibility index (Phi) is 4.54. The van der Waals surface area contributed by atoms with Crippen molar-refractivity contribution in [3.63, 3.8) is 0 Å². The molecule has 1 heterocycles. The SMILES string of the molecule is COc1cccc2c1nc(SCC(=O)O)n2CC(C)C. The molecule has 1 aromatic heterocycles. The number of hydrogen-bond acceptors (Lipinski definition) is 4. The minimum atomic E-state index is -0.842. The molecule has 0 radical (unpaired) electrons. The molecule has 2 rings (SSSR count). The van der Waals surface area contributed by atoms with Gasteiger partial charge >= 0.3 is 5.97 Å². The third-order valence-electron chi connectivity index (χ3n) is 2.80. The predicted molar refractivity (Wildman–Crippen MR) is 79.5 cm³/mol. The Labute approximate surface area is 121 Å². The standard InChI is InChI=1S/C14H18N2O3S/c1-9(2)7-16-10-5-4-6-11(19-3)13(10)15-14(16)20-8-12(17)18/h4-6,9H,7-8H2,1-3H3,(H,17,18). The number of carboxylic acids is 1. The lowest BCUT2D eigenvalue weighted by molar-refractivity contribution is -0.133. The van der Waals surface area contributed by atoms with Crippen molar-refractivity contribution in [2.45, 2.75) is 25.5 Å². The number of hydrogen-bond donors (Lipinski definition) is 1. The molecular weight excluding hydrogens is 276 g/mol. The second kappa shape index (κ2) is 6.17. The first-order valence-electron chi connectivity index (χ1n) is 6.40. The maximum Gasteiger partial charge on any atom is 0.313 e. The molecule has 6 heteroatoms. The van der Waals surface area contributed by atoms with Gasteiger partial charge in [-0.05, 0) is 18.1 Å². The van der Waals surface area contributed by atoms with E-state index in [1.165, 1.54) is 11.8 Å². The van der Waals surface area contributed by atoms with Crippen LogP contribution in [0.2, 0.25) is 0 Å². The van der Waals surface area contributed by atoms with Crippen LogP contribution in [0.15, 0.2) is 23.4 Å². The van der Waals surface area contributed by atoms with E-state index in [1.54, 1.807) is 7.11 Å². The zero-order valence-electron chi connectivity index (χ0n) is 11.8. The van der Waals surface area contributed by atoms with E-state index in [2.05, 4.69) is 23.4 Å². The summed E-state index contributed by atoms with van der Waals surface area (Å²) in [5.74, 6) is 0.319. The summed E-state index contributed by atoms with van der Waals surface area (Å²) in [5.41, 5.74) is 1.76. The summed E-state index contributed by atoms with van der Waals surface area (Å²) >= 11 is 1.24. The smallest absolute Gasteiger partial charge is 0.313 e. The first kappa shape index (κ1) is 14.7. The molecule has 5 nitrogen and oxygen atoms in total. The number of aliphatic carboxylic acids is 1. The van der Waals surface area contributed by atoms with Gasteiger partial charge in [-0.15, -0.1) is 0 Å². The van der Waals surface area contributed by atoms with Crippen LogP contribution in [0.25, 0.3) is 11.0 Å². The number of para-hydroxylation sites is 1. The van der Waals surface area contributed by atoms with Gasteiger partial charge in [-0.1, -0.05) is 31.7 Å². The van der Waals surface area contributed by atoms with Crippen molar-refractivity contribution in [3.8, 4) is 5.75 Å². The number of carboxylic acid groups (broad SMARTS) is 1. The Morgan fingerprint density at radius 1 is 1.50 bits per heavy atom. The molecule has 0 atom stereocenters. The van der Waals surface area contributed by atoms with Crippen LogP contribution in [-0.2, 0) is 11.3 Å². The van der Waals surface area contributed by atoms with Crippen LogP contribution in [0.3, 0.4) is 0 Å². The van der Waals surface area contributed by atoms with Gasteiger partial charge in [0.25, 0.3) is 0 Å². The molecular formula is C14H18N2O3S. The number of imidazole rings is 1. The van der Waals surface area contributed by atoms with E-state index in [9.17, 15) is 4.79 Å². The number of methoxy groups -OCH3 is 1. The maximum absolute atomic E-state index is 10.8. The van der Waals surface area contributed by atoms with Crippen LogP contribution in [0.1, 0.15) is 13.8 Å². The Morgan fingerprint density at radius 3 is 2.85 bits per heavy atom. The second-order valence-electron chi connectivity index (χ2n) is 4.91. The minimum Gasteiger partial charge on any atom is -0.494 e. The molecule has 0 bridgehead atoms. The summed E-state index contributed by atoms with van der Waals surface area (Å²) in [6, 6.07) is 5.77. The van der Waals surface area contributed by atoms with Crippen LogP contribution >= 0.6 is 11.8 Å². The number of benzene rings is 1. The predicted octanol–water partition coefficient (Wildman–Crippen LogP) is 2.88. The van der Waals surface area contributed by atoms with Crippen molar-refractivity contribution in [2.24, 2.45) is 5.92 Å². The number of carbonyl (C=O) groups is 1. The molecule has 0 saturated carbocycles. The largest absolute Gasteiger partial charge is 0.494 e. The number of thioether (sulfide) groups is 1. The summed E-state index contributed by atoms with van der Waals surface area (Å²) < 4.78 is 7.39. The molecule has 0 spiro atoms. The fraction of sp³-hybridized carbons (Fsp3) is 0.429. The highest BCUT2D eigenvalue weighted by molar-refractivity contribution is 7.99. The van der Waals surface area contributed by atoms with Crippen LogP contribution in [0, 0.1) is 5.92 Å². The summed E-state index contributed by atoms with van der Waals surface area (Å²) in [7, 11) is 1.61. The number of fused-ring (bicyclic) bond motifs is 1. The lowest BCUT2D eigenvalue weighted by atomic mass is 10.2. The molecule has 20 heavy (non-hydrogen) atoms.